The predicted molar refractivity (Wildman–Crippen MR) is 82.3 cm³/mol. The first-order chi connectivity index (χ1) is 9.38. The molecule has 0 fully saturated rings. The molecule has 0 unspecified atom stereocenters. The molecule has 0 aromatic heterocycles. The van der Waals surface area contributed by atoms with Crippen molar-refractivity contribution in [3.8, 4) is 0 Å². The summed E-state index contributed by atoms with van der Waals surface area (Å²) in [6.45, 7) is 1.85. The van der Waals surface area contributed by atoms with Gasteiger partial charge in [-0.3, -0.25) is 0 Å². The number of carboxylic acids is 1. The fourth-order valence-electron chi connectivity index (χ4n) is 1.72. The Kier molecular flexibility index (Phi) is 4.06. The molecule has 2 aromatic rings. The first kappa shape index (κ1) is 14.5. The van der Waals surface area contributed by atoms with Gasteiger partial charge in [-0.2, -0.15) is 0 Å². The van der Waals surface area contributed by atoms with Crippen molar-refractivity contribution in [2.45, 2.75) is 6.92 Å². The number of benzene rings is 2. The number of halogens is 2. The topological polar surface area (TPSA) is 75.3 Å². The Bertz CT molecular complexity index is 687. The number of rotatable bonds is 3. The van der Waals surface area contributed by atoms with Crippen molar-refractivity contribution in [2.75, 3.05) is 11.1 Å². The second kappa shape index (κ2) is 5.61. The summed E-state index contributed by atoms with van der Waals surface area (Å²) in [5.74, 6) is -1.08. The van der Waals surface area contributed by atoms with E-state index in [4.69, 9.17) is 34.0 Å². The minimum absolute atomic E-state index is 0.0318. The number of aromatic carboxylic acids is 1. The Morgan fingerprint density at radius 1 is 1.20 bits per heavy atom. The van der Waals surface area contributed by atoms with Crippen molar-refractivity contribution >= 4 is 46.2 Å². The Balaban J connectivity index is 2.38. The molecule has 2 rings (SSSR count). The summed E-state index contributed by atoms with van der Waals surface area (Å²) >= 11 is 12.2. The Hall–Kier alpha value is -1.91. The molecule has 0 amide bonds. The zero-order chi connectivity index (χ0) is 14.9. The van der Waals surface area contributed by atoms with Gasteiger partial charge in [0.2, 0.25) is 0 Å². The number of nitrogen functional groups attached to an aromatic ring is 1. The number of hydrogen-bond donors (Lipinski definition) is 3. The van der Waals surface area contributed by atoms with Crippen molar-refractivity contribution in [3.05, 3.63) is 51.5 Å². The number of aryl methyl sites for hydroxylation is 1. The normalized spacial score (nSPS) is 10.3. The van der Waals surface area contributed by atoms with E-state index in [9.17, 15) is 4.79 Å². The maximum Gasteiger partial charge on any atom is 0.337 e. The van der Waals surface area contributed by atoms with Gasteiger partial charge in [-0.25, -0.2) is 4.79 Å². The van der Waals surface area contributed by atoms with Crippen LogP contribution < -0.4 is 11.1 Å². The van der Waals surface area contributed by atoms with Crippen LogP contribution in [-0.2, 0) is 0 Å². The number of anilines is 3. The Morgan fingerprint density at radius 2 is 1.90 bits per heavy atom. The van der Waals surface area contributed by atoms with Crippen LogP contribution in [0.4, 0.5) is 17.1 Å². The van der Waals surface area contributed by atoms with Gasteiger partial charge in [-0.05, 0) is 42.8 Å². The predicted octanol–water partition coefficient (Wildman–Crippen LogP) is 4.33. The van der Waals surface area contributed by atoms with Crippen LogP contribution in [0.15, 0.2) is 30.3 Å². The van der Waals surface area contributed by atoms with Crippen LogP contribution >= 0.6 is 23.2 Å². The molecule has 0 bridgehead atoms. The lowest BCUT2D eigenvalue weighted by Crippen LogP contribution is -2.03. The van der Waals surface area contributed by atoms with E-state index >= 15 is 0 Å². The second-order valence-electron chi connectivity index (χ2n) is 4.31. The molecule has 0 aliphatic carbocycles. The SMILES string of the molecule is Cc1cc(Cl)c(Nc2ccc(N)c(C(=O)O)c2)cc1Cl. The minimum Gasteiger partial charge on any atom is -0.478 e. The molecule has 0 atom stereocenters. The van der Waals surface area contributed by atoms with E-state index in [1.807, 2.05) is 6.92 Å². The summed E-state index contributed by atoms with van der Waals surface area (Å²) in [5.41, 5.74) is 7.87. The highest BCUT2D eigenvalue weighted by Gasteiger charge is 2.10. The highest BCUT2D eigenvalue weighted by molar-refractivity contribution is 6.35. The van der Waals surface area contributed by atoms with Gasteiger partial charge in [0.05, 0.1) is 16.3 Å². The van der Waals surface area contributed by atoms with Crippen LogP contribution in [0.3, 0.4) is 0 Å². The molecular weight excluding hydrogens is 299 g/mol. The number of carboxylic acid groups (broad SMARTS) is 1. The van der Waals surface area contributed by atoms with E-state index in [0.717, 1.165) is 5.56 Å². The van der Waals surface area contributed by atoms with Gasteiger partial charge in [-0.15, -0.1) is 0 Å². The first-order valence-corrected chi connectivity index (χ1v) is 6.49. The van der Waals surface area contributed by atoms with Crippen molar-refractivity contribution in [3.63, 3.8) is 0 Å². The standard InChI is InChI=1S/C14H12Cl2N2O2/c1-7-4-11(16)13(6-10(7)15)18-8-2-3-12(17)9(5-8)14(19)20/h2-6,18H,17H2,1H3,(H,19,20). The lowest BCUT2D eigenvalue weighted by atomic mass is 10.1. The summed E-state index contributed by atoms with van der Waals surface area (Å²) in [4.78, 5) is 11.0. The highest BCUT2D eigenvalue weighted by Crippen LogP contribution is 2.31. The van der Waals surface area contributed by atoms with Crippen LogP contribution in [0.5, 0.6) is 0 Å². The van der Waals surface area contributed by atoms with Crippen molar-refractivity contribution in [2.24, 2.45) is 0 Å². The van der Waals surface area contributed by atoms with E-state index in [-0.39, 0.29) is 11.3 Å². The average Bonchev–Trinajstić information content (AvgIpc) is 2.37. The van der Waals surface area contributed by atoms with E-state index in [1.54, 1.807) is 18.2 Å². The molecule has 104 valence electrons. The zero-order valence-electron chi connectivity index (χ0n) is 10.6. The summed E-state index contributed by atoms with van der Waals surface area (Å²) < 4.78 is 0. The van der Waals surface area contributed by atoms with Gasteiger partial charge in [0.15, 0.2) is 0 Å². The molecule has 0 aliphatic rings. The van der Waals surface area contributed by atoms with Crippen LogP contribution in [0.1, 0.15) is 15.9 Å². The molecule has 0 radical (unpaired) electrons. The molecule has 0 saturated carbocycles. The summed E-state index contributed by atoms with van der Waals surface area (Å²) in [6, 6.07) is 8.07. The molecular formula is C14H12Cl2N2O2. The van der Waals surface area contributed by atoms with Gasteiger partial charge in [0.25, 0.3) is 0 Å². The van der Waals surface area contributed by atoms with Crippen LogP contribution in [0, 0.1) is 6.92 Å². The molecule has 0 heterocycles. The largest absolute Gasteiger partial charge is 0.478 e. The van der Waals surface area contributed by atoms with Gasteiger partial charge in [0.1, 0.15) is 0 Å². The monoisotopic (exact) mass is 310 g/mol. The number of nitrogens with two attached hydrogens (primary N) is 1. The average molecular weight is 311 g/mol. The van der Waals surface area contributed by atoms with Gasteiger partial charge >= 0.3 is 5.97 Å². The summed E-state index contributed by atoms with van der Waals surface area (Å²) in [5, 5.41) is 13.1. The fourth-order valence-corrected chi connectivity index (χ4v) is 2.15. The minimum atomic E-state index is -1.08. The quantitative estimate of drug-likeness (QED) is 0.738. The number of hydrogen-bond acceptors (Lipinski definition) is 3. The lowest BCUT2D eigenvalue weighted by Gasteiger charge is -2.11. The molecule has 0 saturated heterocycles. The summed E-state index contributed by atoms with van der Waals surface area (Å²) in [6.07, 6.45) is 0. The first-order valence-electron chi connectivity index (χ1n) is 5.74. The third-order valence-corrected chi connectivity index (χ3v) is 3.53. The van der Waals surface area contributed by atoms with E-state index in [2.05, 4.69) is 5.32 Å². The van der Waals surface area contributed by atoms with Crippen LogP contribution in [-0.4, -0.2) is 11.1 Å². The lowest BCUT2D eigenvalue weighted by molar-refractivity contribution is 0.0698. The molecule has 4 N–H and O–H groups in total. The van der Waals surface area contributed by atoms with Gasteiger partial charge < -0.3 is 16.2 Å². The molecule has 0 spiro atoms. The number of nitrogens with one attached hydrogen (secondary N) is 1. The smallest absolute Gasteiger partial charge is 0.337 e. The fraction of sp³-hybridized carbons (Fsp3) is 0.0714. The summed E-state index contributed by atoms with van der Waals surface area (Å²) in [7, 11) is 0. The van der Waals surface area contributed by atoms with Crippen molar-refractivity contribution in [1.82, 2.24) is 0 Å². The molecule has 6 heteroatoms. The third-order valence-electron chi connectivity index (χ3n) is 2.81. The maximum absolute atomic E-state index is 11.0. The van der Waals surface area contributed by atoms with Crippen LogP contribution in [0.2, 0.25) is 10.0 Å². The van der Waals surface area contributed by atoms with E-state index in [0.29, 0.717) is 21.4 Å². The zero-order valence-corrected chi connectivity index (χ0v) is 12.1. The Morgan fingerprint density at radius 3 is 2.55 bits per heavy atom. The highest BCUT2D eigenvalue weighted by atomic mass is 35.5. The van der Waals surface area contributed by atoms with E-state index in [1.165, 1.54) is 12.1 Å². The third kappa shape index (κ3) is 2.98. The molecule has 20 heavy (non-hydrogen) atoms. The molecule has 4 nitrogen and oxygen atoms in total. The molecule has 2 aromatic carbocycles. The van der Waals surface area contributed by atoms with Crippen molar-refractivity contribution < 1.29 is 9.90 Å². The molecule has 0 aliphatic heterocycles. The number of carbonyl (C=O) groups is 1. The van der Waals surface area contributed by atoms with E-state index < -0.39 is 5.97 Å². The Labute approximate surface area is 126 Å². The van der Waals surface area contributed by atoms with Crippen molar-refractivity contribution in [1.29, 1.82) is 0 Å². The van der Waals surface area contributed by atoms with Gasteiger partial charge in [0, 0.05) is 16.4 Å². The van der Waals surface area contributed by atoms with Gasteiger partial charge in [-0.1, -0.05) is 23.2 Å². The second-order valence-corrected chi connectivity index (χ2v) is 5.13. The maximum atomic E-state index is 11.0. The van der Waals surface area contributed by atoms with Crippen LogP contribution in [0.25, 0.3) is 0 Å².